The Morgan fingerprint density at radius 2 is 2.00 bits per heavy atom. The number of nitrogens with one attached hydrogen (secondary N) is 4. The first kappa shape index (κ1) is 26.9. The van der Waals surface area contributed by atoms with Crippen LogP contribution in [0, 0.1) is 17.3 Å². The van der Waals surface area contributed by atoms with Gasteiger partial charge in [-0.1, -0.05) is 54.9 Å². The molecule has 0 spiro atoms. The Morgan fingerprint density at radius 1 is 1.20 bits per heavy atom. The zero-order chi connectivity index (χ0) is 28.6. The van der Waals surface area contributed by atoms with Crippen LogP contribution < -0.4 is 21.6 Å². The molecule has 8 nitrogen and oxygen atoms in total. The number of hydrogen-bond donors (Lipinski definition) is 4. The number of pyridine rings is 2. The molecule has 1 aliphatic heterocycles. The van der Waals surface area contributed by atoms with Crippen molar-refractivity contribution in [3.05, 3.63) is 107 Å². The summed E-state index contributed by atoms with van der Waals surface area (Å²) in [6.45, 7) is 2.08. The van der Waals surface area contributed by atoms with Gasteiger partial charge in [-0.15, -0.1) is 5.53 Å². The van der Waals surface area contributed by atoms with Crippen LogP contribution in [0.1, 0.15) is 48.9 Å². The van der Waals surface area contributed by atoms with Gasteiger partial charge >= 0.3 is 0 Å². The summed E-state index contributed by atoms with van der Waals surface area (Å²) in [6, 6.07) is 19.1. The van der Waals surface area contributed by atoms with E-state index in [0.717, 1.165) is 24.8 Å². The van der Waals surface area contributed by atoms with Crippen LogP contribution in [-0.4, -0.2) is 28.9 Å². The number of aromatic nitrogens is 2. The Labute approximate surface area is 244 Å². The van der Waals surface area contributed by atoms with Gasteiger partial charge in [0.05, 0.1) is 39.0 Å². The molecule has 0 saturated heterocycles. The monoisotopic (exact) mass is 564 g/mol. The minimum atomic E-state index is -1.34. The maximum absolute atomic E-state index is 13.8. The maximum Gasteiger partial charge on any atom is 0.212 e. The van der Waals surface area contributed by atoms with Gasteiger partial charge in [0.1, 0.15) is 13.9 Å². The zero-order valence-electron chi connectivity index (χ0n) is 22.3. The van der Waals surface area contributed by atoms with Crippen LogP contribution in [0.25, 0.3) is 10.9 Å². The average Bonchev–Trinajstić information content (AvgIpc) is 3.72. The highest BCUT2D eigenvalue weighted by Gasteiger charge is 2.38. The summed E-state index contributed by atoms with van der Waals surface area (Å²) in [7, 11) is 7.06. The molecule has 4 aromatic rings. The molecule has 4 N–H and O–H groups in total. The number of hydrazine groups is 2. The van der Waals surface area contributed by atoms with Crippen molar-refractivity contribution in [3.63, 3.8) is 0 Å². The summed E-state index contributed by atoms with van der Waals surface area (Å²) in [4.78, 5) is 8.33. The van der Waals surface area contributed by atoms with E-state index in [1.807, 2.05) is 35.5 Å². The summed E-state index contributed by atoms with van der Waals surface area (Å²) < 4.78 is 13.8. The number of anilines is 2. The highest BCUT2D eigenvalue weighted by molar-refractivity contribution is 6.36. The Hall–Kier alpha value is -4.33. The van der Waals surface area contributed by atoms with Crippen molar-refractivity contribution in [1.82, 2.24) is 25.9 Å². The van der Waals surface area contributed by atoms with Crippen molar-refractivity contribution in [2.75, 3.05) is 10.6 Å². The normalized spacial score (nSPS) is 16.8. The highest BCUT2D eigenvalue weighted by Crippen LogP contribution is 2.39. The number of rotatable bonds is 9. The SMILES string of the molecule is [B]C(Nc1cc(Cl)c2ncc(C#N)c(N[C@H](CC)c3ccccc3)c2c1)(C1=CN(C2CC2)NN1)c1ccc(F)nc1. The third-order valence-electron chi connectivity index (χ3n) is 7.45. The molecule has 3 heterocycles. The van der Waals surface area contributed by atoms with Gasteiger partial charge in [0.25, 0.3) is 0 Å². The molecule has 0 bridgehead atoms. The topological polar surface area (TPSA) is 101 Å². The predicted octanol–water partition coefficient (Wildman–Crippen LogP) is 5.62. The lowest BCUT2D eigenvalue weighted by Gasteiger charge is -2.34. The van der Waals surface area contributed by atoms with Crippen molar-refractivity contribution in [1.29, 1.82) is 5.26 Å². The van der Waals surface area contributed by atoms with Gasteiger partial charge in [-0.3, -0.25) is 9.99 Å². The lowest BCUT2D eigenvalue weighted by atomic mass is 9.70. The highest BCUT2D eigenvalue weighted by atomic mass is 35.5. The second-order valence-electron chi connectivity index (χ2n) is 10.2. The predicted molar refractivity (Wildman–Crippen MR) is 159 cm³/mol. The van der Waals surface area contributed by atoms with Crippen LogP contribution >= 0.6 is 11.6 Å². The molecule has 1 fully saturated rings. The largest absolute Gasteiger partial charge is 0.378 e. The first-order chi connectivity index (χ1) is 19.9. The van der Waals surface area contributed by atoms with E-state index in [9.17, 15) is 9.65 Å². The number of nitrogens with zero attached hydrogens (tertiary/aromatic N) is 4. The molecule has 2 aromatic carbocycles. The molecule has 11 heteroatoms. The Morgan fingerprint density at radius 3 is 2.68 bits per heavy atom. The minimum Gasteiger partial charge on any atom is -0.378 e. The summed E-state index contributed by atoms with van der Waals surface area (Å²) in [5.74, 6) is -0.606. The molecule has 2 radical (unpaired) electrons. The van der Waals surface area contributed by atoms with E-state index in [1.165, 1.54) is 18.5 Å². The Kier molecular flexibility index (Phi) is 7.16. The summed E-state index contributed by atoms with van der Waals surface area (Å²) in [5, 5.41) is 20.0. The number of halogens is 2. The fourth-order valence-electron chi connectivity index (χ4n) is 5.06. The van der Waals surface area contributed by atoms with Gasteiger partial charge in [-0.05, 0) is 48.6 Å². The molecule has 2 atom stereocenters. The van der Waals surface area contributed by atoms with Gasteiger partial charge < -0.3 is 16.1 Å². The quantitative estimate of drug-likeness (QED) is 0.154. The van der Waals surface area contributed by atoms with Crippen LogP contribution in [-0.2, 0) is 5.44 Å². The summed E-state index contributed by atoms with van der Waals surface area (Å²) in [5.41, 5.74) is 9.37. The van der Waals surface area contributed by atoms with Crippen molar-refractivity contribution in [3.8, 4) is 6.07 Å². The molecular weight excluding hydrogens is 538 g/mol. The smallest absolute Gasteiger partial charge is 0.212 e. The molecular formula is C30H27BClFN8. The molecule has 1 unspecified atom stereocenters. The molecule has 2 aromatic heterocycles. The molecule has 6 rings (SSSR count). The standard InChI is InChI=1S/C30H27BClFN8/c1-2-25(18-6-4-3-5-7-18)37-28-19(14-34)15-36-29-23(28)12-21(13-24(29)32)38-30(31,20-8-11-27(33)35-16-20)26-17-41(40-39-26)22-9-10-22/h3-8,11-13,15-17,22,25,38-40H,2,9-10H2,1H3,(H,36,37)/t25-,30?/m1/s1. The third-order valence-corrected chi connectivity index (χ3v) is 7.74. The fraction of sp³-hybridized carbons (Fsp3) is 0.233. The molecule has 2 aliphatic rings. The van der Waals surface area contributed by atoms with Crippen LogP contribution in [0.3, 0.4) is 0 Å². The average molecular weight is 565 g/mol. The van der Waals surface area contributed by atoms with Crippen molar-refractivity contribution in [2.45, 2.75) is 43.7 Å². The molecule has 1 aliphatic carbocycles. The van der Waals surface area contributed by atoms with Crippen LogP contribution in [0.2, 0.25) is 5.02 Å². The van der Waals surface area contributed by atoms with Crippen molar-refractivity contribution < 1.29 is 4.39 Å². The second kappa shape index (κ2) is 10.9. The van der Waals surface area contributed by atoms with Gasteiger partial charge in [0.15, 0.2) is 0 Å². The Bertz CT molecular complexity index is 1660. The van der Waals surface area contributed by atoms with E-state index < -0.39 is 11.4 Å². The van der Waals surface area contributed by atoms with E-state index >= 15 is 0 Å². The van der Waals surface area contributed by atoms with E-state index in [4.69, 9.17) is 19.4 Å². The van der Waals surface area contributed by atoms with E-state index in [2.05, 4.69) is 56.7 Å². The molecule has 1 saturated carbocycles. The van der Waals surface area contributed by atoms with Crippen LogP contribution in [0.15, 0.2) is 78.9 Å². The van der Waals surface area contributed by atoms with Crippen LogP contribution in [0.5, 0.6) is 0 Å². The second-order valence-corrected chi connectivity index (χ2v) is 10.7. The first-order valence-corrected chi connectivity index (χ1v) is 13.8. The Balaban J connectivity index is 1.44. The van der Waals surface area contributed by atoms with Gasteiger partial charge in [-0.25, -0.2) is 4.98 Å². The lowest BCUT2D eigenvalue weighted by molar-refractivity contribution is 0.260. The van der Waals surface area contributed by atoms with Crippen LogP contribution in [0.4, 0.5) is 15.8 Å². The first-order valence-electron chi connectivity index (χ1n) is 13.4. The van der Waals surface area contributed by atoms with Gasteiger partial charge in [0, 0.05) is 35.7 Å². The number of fused-ring (bicyclic) bond motifs is 1. The number of hydrogen-bond acceptors (Lipinski definition) is 8. The zero-order valence-corrected chi connectivity index (χ0v) is 23.1. The van der Waals surface area contributed by atoms with Gasteiger partial charge in [-0.2, -0.15) is 9.65 Å². The summed E-state index contributed by atoms with van der Waals surface area (Å²) in [6.07, 6.45) is 7.79. The fourth-order valence-corrected chi connectivity index (χ4v) is 5.33. The number of nitriles is 1. The van der Waals surface area contributed by atoms with Gasteiger partial charge in [0.2, 0.25) is 5.95 Å². The molecule has 41 heavy (non-hydrogen) atoms. The van der Waals surface area contributed by atoms with E-state index in [-0.39, 0.29) is 6.04 Å². The van der Waals surface area contributed by atoms with Crippen molar-refractivity contribution in [2.24, 2.45) is 0 Å². The molecule has 0 amide bonds. The number of benzene rings is 2. The van der Waals surface area contributed by atoms with Crippen molar-refractivity contribution >= 4 is 41.7 Å². The van der Waals surface area contributed by atoms with E-state index in [0.29, 0.717) is 50.2 Å². The third kappa shape index (κ3) is 5.26. The molecule has 204 valence electrons. The minimum absolute atomic E-state index is 0.0458. The lowest BCUT2D eigenvalue weighted by Crippen LogP contribution is -2.45. The maximum atomic E-state index is 13.8. The van der Waals surface area contributed by atoms with E-state index in [1.54, 1.807) is 12.1 Å². The summed E-state index contributed by atoms with van der Waals surface area (Å²) >= 11 is 6.78.